The van der Waals surface area contributed by atoms with Crippen LogP contribution < -0.4 is 0 Å². The zero-order valence-corrected chi connectivity index (χ0v) is 11.8. The van der Waals surface area contributed by atoms with Gasteiger partial charge >= 0.3 is 0 Å². The van der Waals surface area contributed by atoms with Gasteiger partial charge < -0.3 is 4.74 Å². The monoisotopic (exact) mass is 224 g/mol. The summed E-state index contributed by atoms with van der Waals surface area (Å²) in [5.74, 6) is 0.610. The molecular formula is C15H28O. The molecule has 0 aromatic heterocycles. The van der Waals surface area contributed by atoms with Crippen LogP contribution in [0.15, 0.2) is 12.2 Å². The Morgan fingerprint density at radius 2 is 1.94 bits per heavy atom. The first-order valence-corrected chi connectivity index (χ1v) is 6.71. The molecule has 0 N–H and O–H groups in total. The fourth-order valence-electron chi connectivity index (χ4n) is 3.23. The van der Waals surface area contributed by atoms with Crippen molar-refractivity contribution < 1.29 is 4.74 Å². The van der Waals surface area contributed by atoms with Crippen molar-refractivity contribution in [1.82, 2.24) is 0 Å². The highest BCUT2D eigenvalue weighted by molar-refractivity contribution is 5.13. The van der Waals surface area contributed by atoms with Gasteiger partial charge in [0.25, 0.3) is 0 Å². The molecule has 16 heavy (non-hydrogen) atoms. The van der Waals surface area contributed by atoms with Gasteiger partial charge in [-0.1, -0.05) is 39.8 Å². The van der Waals surface area contributed by atoms with Gasteiger partial charge in [0.2, 0.25) is 0 Å². The summed E-state index contributed by atoms with van der Waals surface area (Å²) in [4.78, 5) is 0. The quantitative estimate of drug-likeness (QED) is 0.635. The molecule has 3 atom stereocenters. The van der Waals surface area contributed by atoms with Crippen LogP contribution in [0.3, 0.4) is 0 Å². The van der Waals surface area contributed by atoms with E-state index in [1.165, 1.54) is 12.8 Å². The number of hydrogen-bond acceptors (Lipinski definition) is 1. The molecule has 0 radical (unpaired) electrons. The Balaban J connectivity index is 2.91. The molecular weight excluding hydrogens is 196 g/mol. The number of rotatable bonds is 4. The van der Waals surface area contributed by atoms with Crippen LogP contribution in [-0.2, 0) is 4.74 Å². The highest BCUT2D eigenvalue weighted by Crippen LogP contribution is 2.46. The summed E-state index contributed by atoms with van der Waals surface area (Å²) in [5.41, 5.74) is 0.275. The summed E-state index contributed by atoms with van der Waals surface area (Å²) in [6.07, 6.45) is 8.38. The fourth-order valence-corrected chi connectivity index (χ4v) is 3.23. The number of hydrogen-bond donors (Lipinski definition) is 0. The van der Waals surface area contributed by atoms with Crippen LogP contribution in [0.2, 0.25) is 0 Å². The normalized spacial score (nSPS) is 35.0. The lowest BCUT2D eigenvalue weighted by atomic mass is 9.64. The Kier molecular flexibility index (Phi) is 4.23. The first kappa shape index (κ1) is 13.8. The maximum atomic E-state index is 6.28. The van der Waals surface area contributed by atoms with Crippen molar-refractivity contribution in [1.29, 1.82) is 0 Å². The third kappa shape index (κ3) is 2.68. The van der Waals surface area contributed by atoms with Gasteiger partial charge in [-0.15, -0.1) is 0 Å². The van der Waals surface area contributed by atoms with Gasteiger partial charge in [-0.25, -0.2) is 0 Å². The third-order valence-corrected chi connectivity index (χ3v) is 4.17. The lowest BCUT2D eigenvalue weighted by Gasteiger charge is -2.48. The Hall–Kier alpha value is -0.300. The van der Waals surface area contributed by atoms with Crippen molar-refractivity contribution in [2.45, 2.75) is 72.5 Å². The van der Waals surface area contributed by atoms with Crippen molar-refractivity contribution in [2.24, 2.45) is 11.3 Å². The van der Waals surface area contributed by atoms with Crippen LogP contribution in [0, 0.1) is 11.3 Å². The summed E-state index contributed by atoms with van der Waals surface area (Å²) in [5, 5.41) is 0. The highest BCUT2D eigenvalue weighted by atomic mass is 16.5. The smallest absolute Gasteiger partial charge is 0.0871 e. The van der Waals surface area contributed by atoms with Gasteiger partial charge in [-0.3, -0.25) is 0 Å². The lowest BCUT2D eigenvalue weighted by molar-refractivity contribution is -0.114. The Bertz CT molecular complexity index is 254. The van der Waals surface area contributed by atoms with Crippen LogP contribution in [0.25, 0.3) is 0 Å². The fraction of sp³-hybridized carbons (Fsp3) is 0.867. The minimum absolute atomic E-state index is 0.0775. The molecule has 1 rings (SSSR count). The second kappa shape index (κ2) is 4.91. The van der Waals surface area contributed by atoms with Crippen LogP contribution in [-0.4, -0.2) is 11.7 Å². The lowest BCUT2D eigenvalue weighted by Crippen LogP contribution is -2.47. The minimum Gasteiger partial charge on any atom is -0.368 e. The van der Waals surface area contributed by atoms with E-state index in [0.29, 0.717) is 17.4 Å². The summed E-state index contributed by atoms with van der Waals surface area (Å²) < 4.78 is 6.28. The van der Waals surface area contributed by atoms with E-state index in [0.717, 1.165) is 6.42 Å². The second-order valence-electron chi connectivity index (χ2n) is 6.08. The van der Waals surface area contributed by atoms with E-state index in [1.54, 1.807) is 0 Å². The molecule has 94 valence electrons. The molecule has 1 aliphatic carbocycles. The molecule has 0 aliphatic heterocycles. The number of allylic oxidation sites excluding steroid dienone is 1. The topological polar surface area (TPSA) is 9.23 Å². The first-order chi connectivity index (χ1) is 7.35. The summed E-state index contributed by atoms with van der Waals surface area (Å²) in [6.45, 7) is 13.6. The Labute approximate surface area is 101 Å². The van der Waals surface area contributed by atoms with Crippen LogP contribution in [0.1, 0.15) is 60.8 Å². The van der Waals surface area contributed by atoms with E-state index in [4.69, 9.17) is 4.74 Å². The molecule has 0 heterocycles. The molecule has 0 aromatic rings. The van der Waals surface area contributed by atoms with Gasteiger partial charge in [-0.2, -0.15) is 0 Å². The Morgan fingerprint density at radius 1 is 1.31 bits per heavy atom. The predicted octanol–water partition coefficient (Wildman–Crippen LogP) is 4.57. The standard InChI is InChI=1S/C15H28O/c1-7-12(3)16-15(6)11-9-10-14(4,5)13(15)8-2/h9,11-13H,7-8,10H2,1-6H3. The highest BCUT2D eigenvalue weighted by Gasteiger charge is 2.44. The molecule has 3 unspecified atom stereocenters. The van der Waals surface area contributed by atoms with Gasteiger partial charge in [0.15, 0.2) is 0 Å². The zero-order chi connectivity index (χ0) is 12.4. The summed E-state index contributed by atoms with van der Waals surface area (Å²) >= 11 is 0. The van der Waals surface area contributed by atoms with E-state index in [2.05, 4.69) is 53.7 Å². The summed E-state index contributed by atoms with van der Waals surface area (Å²) in [7, 11) is 0. The van der Waals surface area contributed by atoms with Gasteiger partial charge in [0.05, 0.1) is 11.7 Å². The van der Waals surface area contributed by atoms with Crippen LogP contribution in [0.4, 0.5) is 0 Å². The van der Waals surface area contributed by atoms with Crippen molar-refractivity contribution in [3.63, 3.8) is 0 Å². The van der Waals surface area contributed by atoms with Crippen LogP contribution in [0.5, 0.6) is 0 Å². The minimum atomic E-state index is -0.0775. The second-order valence-corrected chi connectivity index (χ2v) is 6.08. The maximum Gasteiger partial charge on any atom is 0.0871 e. The largest absolute Gasteiger partial charge is 0.368 e. The molecule has 1 aliphatic rings. The Morgan fingerprint density at radius 3 is 2.44 bits per heavy atom. The molecule has 0 fully saturated rings. The van der Waals surface area contributed by atoms with E-state index in [1.807, 2.05) is 0 Å². The number of ether oxygens (including phenoxy) is 1. The van der Waals surface area contributed by atoms with E-state index >= 15 is 0 Å². The maximum absolute atomic E-state index is 6.28. The van der Waals surface area contributed by atoms with Crippen LogP contribution >= 0.6 is 0 Å². The van der Waals surface area contributed by atoms with Crippen molar-refractivity contribution in [2.75, 3.05) is 0 Å². The third-order valence-electron chi connectivity index (χ3n) is 4.17. The molecule has 0 spiro atoms. The molecule has 1 nitrogen and oxygen atoms in total. The van der Waals surface area contributed by atoms with Gasteiger partial charge in [0.1, 0.15) is 0 Å². The molecule has 1 heteroatoms. The average Bonchev–Trinajstić information content (AvgIpc) is 2.16. The molecule has 0 aromatic carbocycles. The van der Waals surface area contributed by atoms with Crippen molar-refractivity contribution >= 4 is 0 Å². The molecule has 0 bridgehead atoms. The van der Waals surface area contributed by atoms with Gasteiger partial charge in [-0.05, 0) is 44.4 Å². The van der Waals surface area contributed by atoms with E-state index in [-0.39, 0.29) is 5.60 Å². The average molecular weight is 224 g/mol. The molecule has 0 amide bonds. The predicted molar refractivity (Wildman–Crippen MR) is 70.6 cm³/mol. The summed E-state index contributed by atoms with van der Waals surface area (Å²) in [6, 6.07) is 0. The van der Waals surface area contributed by atoms with Gasteiger partial charge in [0, 0.05) is 0 Å². The molecule has 0 saturated heterocycles. The SMILES string of the molecule is CCC(C)OC1(C)C=CCC(C)(C)C1CC. The zero-order valence-electron chi connectivity index (χ0n) is 11.8. The van der Waals surface area contributed by atoms with E-state index < -0.39 is 0 Å². The van der Waals surface area contributed by atoms with Crippen molar-refractivity contribution in [3.8, 4) is 0 Å². The first-order valence-electron chi connectivity index (χ1n) is 6.71. The molecule has 0 saturated carbocycles. The van der Waals surface area contributed by atoms with Crippen molar-refractivity contribution in [3.05, 3.63) is 12.2 Å². The van der Waals surface area contributed by atoms with E-state index in [9.17, 15) is 0 Å².